The molecule has 3 aliphatic rings. The first-order chi connectivity index (χ1) is 12.3. The molecule has 2 aliphatic heterocycles. The van der Waals surface area contributed by atoms with Gasteiger partial charge >= 0.3 is 0 Å². The van der Waals surface area contributed by atoms with Gasteiger partial charge in [0.25, 0.3) is 0 Å². The fourth-order valence-electron chi connectivity index (χ4n) is 4.86. The van der Waals surface area contributed by atoms with Crippen LogP contribution in [0.4, 0.5) is 0 Å². The van der Waals surface area contributed by atoms with Crippen molar-refractivity contribution in [1.29, 1.82) is 0 Å². The molecule has 25 heavy (non-hydrogen) atoms. The van der Waals surface area contributed by atoms with Crippen molar-refractivity contribution in [2.75, 3.05) is 32.9 Å². The van der Waals surface area contributed by atoms with Crippen molar-refractivity contribution in [2.24, 2.45) is 11.8 Å². The molecule has 1 saturated carbocycles. The molecule has 1 aromatic carbocycles. The molecule has 4 heteroatoms. The van der Waals surface area contributed by atoms with Crippen molar-refractivity contribution in [1.82, 2.24) is 5.32 Å². The van der Waals surface area contributed by atoms with Crippen LogP contribution < -0.4 is 5.32 Å². The van der Waals surface area contributed by atoms with Crippen LogP contribution in [0.3, 0.4) is 0 Å². The lowest BCUT2D eigenvalue weighted by atomic mass is 9.73. The van der Waals surface area contributed by atoms with Crippen LogP contribution in [0.15, 0.2) is 30.3 Å². The zero-order valence-electron chi connectivity index (χ0n) is 15.1. The van der Waals surface area contributed by atoms with E-state index in [1.54, 1.807) is 0 Å². The van der Waals surface area contributed by atoms with Crippen LogP contribution in [0.2, 0.25) is 0 Å². The van der Waals surface area contributed by atoms with Gasteiger partial charge in [-0.1, -0.05) is 30.3 Å². The van der Waals surface area contributed by atoms with Gasteiger partial charge in [0.05, 0.1) is 25.9 Å². The minimum Gasteiger partial charge on any atom is -0.375 e. The predicted molar refractivity (Wildman–Crippen MR) is 97.5 cm³/mol. The van der Waals surface area contributed by atoms with Crippen molar-refractivity contribution in [3.05, 3.63) is 35.9 Å². The molecule has 1 aromatic rings. The van der Waals surface area contributed by atoms with Crippen molar-refractivity contribution < 1.29 is 14.2 Å². The molecule has 1 spiro atoms. The molecule has 1 aliphatic carbocycles. The van der Waals surface area contributed by atoms with E-state index in [2.05, 4.69) is 35.6 Å². The van der Waals surface area contributed by atoms with E-state index in [1.807, 2.05) is 0 Å². The molecule has 0 aromatic heterocycles. The molecule has 2 atom stereocenters. The predicted octanol–water partition coefficient (Wildman–Crippen LogP) is 3.16. The third-order valence-corrected chi connectivity index (χ3v) is 6.25. The first-order valence-electron chi connectivity index (χ1n) is 9.99. The summed E-state index contributed by atoms with van der Waals surface area (Å²) in [4.78, 5) is 0. The Bertz CT molecular complexity index is 513. The Morgan fingerprint density at radius 1 is 1.04 bits per heavy atom. The van der Waals surface area contributed by atoms with Crippen LogP contribution >= 0.6 is 0 Å². The van der Waals surface area contributed by atoms with Gasteiger partial charge in [0.1, 0.15) is 0 Å². The molecule has 0 bridgehead atoms. The van der Waals surface area contributed by atoms with Gasteiger partial charge in [-0.05, 0) is 43.1 Å². The maximum atomic E-state index is 6.17. The summed E-state index contributed by atoms with van der Waals surface area (Å²) in [7, 11) is 0. The highest BCUT2D eigenvalue weighted by Gasteiger charge is 2.43. The van der Waals surface area contributed by atoms with Gasteiger partial charge in [0.2, 0.25) is 0 Å². The van der Waals surface area contributed by atoms with Gasteiger partial charge in [-0.2, -0.15) is 0 Å². The van der Waals surface area contributed by atoms with Gasteiger partial charge in [-0.15, -0.1) is 0 Å². The third kappa shape index (κ3) is 4.25. The minimum atomic E-state index is -0.258. The SMILES string of the molecule is c1ccc(CCC(C2CCC3(CC2)OCCO3)C2CNCCO2)cc1. The normalized spacial score (nSPS) is 28.2. The smallest absolute Gasteiger partial charge is 0.168 e. The highest BCUT2D eigenvalue weighted by Crippen LogP contribution is 2.43. The second-order valence-electron chi connectivity index (χ2n) is 7.75. The zero-order valence-corrected chi connectivity index (χ0v) is 15.1. The molecule has 2 unspecified atom stereocenters. The average molecular weight is 345 g/mol. The molecule has 2 saturated heterocycles. The largest absolute Gasteiger partial charge is 0.375 e. The van der Waals surface area contributed by atoms with E-state index in [9.17, 15) is 0 Å². The number of morpholine rings is 1. The van der Waals surface area contributed by atoms with Gasteiger partial charge in [0.15, 0.2) is 5.79 Å². The minimum absolute atomic E-state index is 0.258. The molecule has 3 fully saturated rings. The fourth-order valence-corrected chi connectivity index (χ4v) is 4.86. The van der Waals surface area contributed by atoms with E-state index in [0.29, 0.717) is 17.9 Å². The Morgan fingerprint density at radius 2 is 1.80 bits per heavy atom. The van der Waals surface area contributed by atoms with Crippen LogP contribution in [0, 0.1) is 11.8 Å². The first-order valence-corrected chi connectivity index (χ1v) is 9.99. The Balaban J connectivity index is 1.40. The number of hydrogen-bond donors (Lipinski definition) is 1. The van der Waals surface area contributed by atoms with Crippen LogP contribution in [0.5, 0.6) is 0 Å². The van der Waals surface area contributed by atoms with Crippen LogP contribution in [-0.4, -0.2) is 44.8 Å². The molecular formula is C21H31NO3. The van der Waals surface area contributed by atoms with Gasteiger partial charge in [-0.3, -0.25) is 0 Å². The maximum Gasteiger partial charge on any atom is 0.168 e. The molecular weight excluding hydrogens is 314 g/mol. The number of nitrogens with one attached hydrogen (secondary N) is 1. The second kappa shape index (κ2) is 8.17. The summed E-state index contributed by atoms with van der Waals surface area (Å²) in [6, 6.07) is 10.9. The maximum absolute atomic E-state index is 6.17. The lowest BCUT2D eigenvalue weighted by molar-refractivity contribution is -0.188. The number of rotatable bonds is 5. The topological polar surface area (TPSA) is 39.7 Å². The van der Waals surface area contributed by atoms with Crippen molar-refractivity contribution in [2.45, 2.75) is 50.4 Å². The number of aryl methyl sites for hydroxylation is 1. The lowest BCUT2D eigenvalue weighted by Gasteiger charge is -2.42. The Labute approximate surface area is 151 Å². The molecule has 138 valence electrons. The van der Waals surface area contributed by atoms with Crippen LogP contribution in [-0.2, 0) is 20.6 Å². The Morgan fingerprint density at radius 3 is 2.48 bits per heavy atom. The van der Waals surface area contributed by atoms with E-state index in [-0.39, 0.29) is 5.79 Å². The number of ether oxygens (including phenoxy) is 3. The summed E-state index contributed by atoms with van der Waals surface area (Å²) in [5, 5.41) is 3.53. The van der Waals surface area contributed by atoms with Gasteiger partial charge in [0, 0.05) is 25.9 Å². The summed E-state index contributed by atoms with van der Waals surface area (Å²) in [5.41, 5.74) is 1.44. The fraction of sp³-hybridized carbons (Fsp3) is 0.714. The van der Waals surface area contributed by atoms with Crippen LogP contribution in [0.1, 0.15) is 37.7 Å². The lowest BCUT2D eigenvalue weighted by Crippen LogP contribution is -2.46. The number of benzene rings is 1. The van der Waals surface area contributed by atoms with Gasteiger partial charge < -0.3 is 19.5 Å². The summed E-state index contributed by atoms with van der Waals surface area (Å²) in [6.07, 6.45) is 7.16. The quantitative estimate of drug-likeness (QED) is 0.890. The standard InChI is InChI=1S/C21H31NO3/c1-2-4-17(5-3-1)6-7-19(20-16-22-12-13-23-20)18-8-10-21(11-9-18)24-14-15-25-21/h1-5,18-20,22H,6-16H2. The molecule has 2 heterocycles. The van der Waals surface area contributed by atoms with E-state index in [4.69, 9.17) is 14.2 Å². The first kappa shape index (κ1) is 17.5. The van der Waals surface area contributed by atoms with Crippen molar-refractivity contribution >= 4 is 0 Å². The molecule has 4 nitrogen and oxygen atoms in total. The molecule has 1 N–H and O–H groups in total. The highest BCUT2D eigenvalue weighted by atomic mass is 16.7. The summed E-state index contributed by atoms with van der Waals surface area (Å²) >= 11 is 0. The summed E-state index contributed by atoms with van der Waals surface area (Å²) in [5.74, 6) is 1.07. The van der Waals surface area contributed by atoms with E-state index < -0.39 is 0 Å². The number of hydrogen-bond acceptors (Lipinski definition) is 4. The highest BCUT2D eigenvalue weighted by molar-refractivity contribution is 5.14. The third-order valence-electron chi connectivity index (χ3n) is 6.25. The van der Waals surface area contributed by atoms with Crippen molar-refractivity contribution in [3.63, 3.8) is 0 Å². The monoisotopic (exact) mass is 345 g/mol. The second-order valence-corrected chi connectivity index (χ2v) is 7.75. The van der Waals surface area contributed by atoms with Crippen LogP contribution in [0.25, 0.3) is 0 Å². The molecule has 4 rings (SSSR count). The van der Waals surface area contributed by atoms with E-state index in [1.165, 1.54) is 24.8 Å². The summed E-state index contributed by atoms with van der Waals surface area (Å²) in [6.45, 7) is 4.34. The Hall–Kier alpha value is -0.940. The average Bonchev–Trinajstić information content (AvgIpc) is 3.13. The van der Waals surface area contributed by atoms with Gasteiger partial charge in [-0.25, -0.2) is 0 Å². The molecule has 0 amide bonds. The van der Waals surface area contributed by atoms with E-state index in [0.717, 1.165) is 52.2 Å². The van der Waals surface area contributed by atoms with E-state index >= 15 is 0 Å². The molecule has 0 radical (unpaired) electrons. The zero-order chi connectivity index (χ0) is 17.0. The Kier molecular flexibility index (Phi) is 5.71. The summed E-state index contributed by atoms with van der Waals surface area (Å²) < 4.78 is 18.0. The van der Waals surface area contributed by atoms with Crippen molar-refractivity contribution in [3.8, 4) is 0 Å².